The standard InChI is InChI=1S/C36H46N2O3/c1-22-11-10-18-38(22)30(41)36-16-14-31(2,3)20-23(36)28-25(39)19-27-33(6)21-24(37-9)29(40)32(4,5)26(33)12-13-34(27,7)35(28,8)15-17-36/h10-11,18-19,21,23,26,28H,12-17,20H2,1-8H3. The average molecular weight is 555 g/mol. The van der Waals surface area contributed by atoms with Gasteiger partial charge in [-0.05, 0) is 98.2 Å². The maximum atomic E-state index is 14.7. The summed E-state index contributed by atoms with van der Waals surface area (Å²) in [5, 5.41) is 0. The first kappa shape index (κ1) is 28.4. The normalized spacial score (nSPS) is 42.5. The molecular formula is C36H46N2O3. The first-order chi connectivity index (χ1) is 19.0. The van der Waals surface area contributed by atoms with Gasteiger partial charge in [0, 0.05) is 28.6 Å². The number of ketones is 2. The van der Waals surface area contributed by atoms with E-state index in [9.17, 15) is 14.4 Å². The minimum Gasteiger partial charge on any atom is -0.307 e. The van der Waals surface area contributed by atoms with E-state index in [0.717, 1.165) is 56.2 Å². The third kappa shape index (κ3) is 3.43. The summed E-state index contributed by atoms with van der Waals surface area (Å²) in [5.74, 6) is 0.0324. The van der Waals surface area contributed by atoms with Gasteiger partial charge >= 0.3 is 0 Å². The molecule has 0 spiro atoms. The minimum absolute atomic E-state index is 0.0225. The van der Waals surface area contributed by atoms with Gasteiger partial charge in [0.2, 0.25) is 11.6 Å². The van der Waals surface area contributed by atoms with Crippen LogP contribution in [0, 0.1) is 63.7 Å². The van der Waals surface area contributed by atoms with Gasteiger partial charge in [0.05, 0.1) is 12.0 Å². The molecule has 0 aromatic carbocycles. The molecule has 218 valence electrons. The van der Waals surface area contributed by atoms with Crippen molar-refractivity contribution in [1.29, 1.82) is 0 Å². The van der Waals surface area contributed by atoms with Crippen LogP contribution in [-0.2, 0) is 9.59 Å². The number of carbonyl (C=O) groups is 3. The van der Waals surface area contributed by atoms with Gasteiger partial charge < -0.3 is 4.79 Å². The molecule has 0 bridgehead atoms. The first-order valence-electron chi connectivity index (χ1n) is 15.6. The Hall–Kier alpha value is -2.74. The van der Waals surface area contributed by atoms with Crippen molar-refractivity contribution in [1.82, 2.24) is 4.57 Å². The number of hydrogen-bond acceptors (Lipinski definition) is 3. The molecule has 5 aliphatic carbocycles. The van der Waals surface area contributed by atoms with Crippen molar-refractivity contribution < 1.29 is 14.4 Å². The Morgan fingerprint density at radius 3 is 2.32 bits per heavy atom. The molecule has 3 fully saturated rings. The van der Waals surface area contributed by atoms with Crippen LogP contribution in [-0.4, -0.2) is 22.0 Å². The number of carbonyl (C=O) groups excluding carboxylic acids is 3. The predicted molar refractivity (Wildman–Crippen MR) is 160 cm³/mol. The quantitative estimate of drug-likeness (QED) is 0.330. The van der Waals surface area contributed by atoms with Crippen molar-refractivity contribution in [2.75, 3.05) is 0 Å². The summed E-state index contributed by atoms with van der Waals surface area (Å²) < 4.78 is 1.84. The van der Waals surface area contributed by atoms with Crippen molar-refractivity contribution in [2.24, 2.45) is 50.2 Å². The van der Waals surface area contributed by atoms with Gasteiger partial charge in [-0.2, -0.15) is 0 Å². The van der Waals surface area contributed by atoms with Crippen molar-refractivity contribution in [2.45, 2.75) is 100 Å². The average Bonchev–Trinajstić information content (AvgIpc) is 3.32. The molecule has 5 nitrogen and oxygen atoms in total. The van der Waals surface area contributed by atoms with Crippen LogP contribution < -0.4 is 0 Å². The summed E-state index contributed by atoms with van der Waals surface area (Å²) in [5.41, 5.74) is 0.0184. The fourth-order valence-corrected chi connectivity index (χ4v) is 10.9. The lowest BCUT2D eigenvalue weighted by molar-refractivity contribution is -0.164. The maximum absolute atomic E-state index is 14.7. The molecule has 0 N–H and O–H groups in total. The van der Waals surface area contributed by atoms with E-state index in [1.165, 1.54) is 0 Å². The molecule has 0 saturated heterocycles. The van der Waals surface area contributed by atoms with E-state index in [0.29, 0.717) is 0 Å². The number of Topliss-reactive ketones (excluding diaryl/α,β-unsaturated/α-hetero) is 1. The zero-order valence-corrected chi connectivity index (χ0v) is 26.2. The van der Waals surface area contributed by atoms with Gasteiger partial charge in [-0.3, -0.25) is 14.2 Å². The Bertz CT molecular complexity index is 1480. The largest absolute Gasteiger partial charge is 0.307 e. The van der Waals surface area contributed by atoms with Gasteiger partial charge in [-0.25, -0.2) is 4.85 Å². The van der Waals surface area contributed by atoms with Crippen molar-refractivity contribution in [3.63, 3.8) is 0 Å². The second kappa shape index (κ2) is 8.42. The fraction of sp³-hybridized carbons (Fsp3) is 0.667. The highest BCUT2D eigenvalue weighted by Crippen LogP contribution is 2.74. The Morgan fingerprint density at radius 2 is 1.68 bits per heavy atom. The number of nitrogens with zero attached hydrogens (tertiary/aromatic N) is 2. The second-order valence-corrected chi connectivity index (χ2v) is 16.2. The van der Waals surface area contributed by atoms with Crippen molar-refractivity contribution >= 4 is 17.5 Å². The molecule has 0 amide bonds. The summed E-state index contributed by atoms with van der Waals surface area (Å²) >= 11 is 0. The van der Waals surface area contributed by atoms with E-state index in [1.807, 2.05) is 55.8 Å². The molecule has 7 atom stereocenters. The first-order valence-corrected chi connectivity index (χ1v) is 15.6. The second-order valence-electron chi connectivity index (χ2n) is 16.2. The molecule has 6 rings (SSSR count). The molecular weight excluding hydrogens is 508 g/mol. The third-order valence-corrected chi connectivity index (χ3v) is 13.4. The number of hydrogen-bond donors (Lipinski definition) is 0. The van der Waals surface area contributed by atoms with Crippen molar-refractivity contribution in [3.05, 3.63) is 58.9 Å². The highest BCUT2D eigenvalue weighted by atomic mass is 16.2. The summed E-state index contributed by atoms with van der Waals surface area (Å²) in [4.78, 5) is 46.1. The van der Waals surface area contributed by atoms with E-state index in [-0.39, 0.29) is 57.2 Å². The highest BCUT2D eigenvalue weighted by molar-refractivity contribution is 6.03. The lowest BCUT2D eigenvalue weighted by Crippen LogP contribution is -2.66. The number of aryl methyl sites for hydroxylation is 1. The summed E-state index contributed by atoms with van der Waals surface area (Å²) in [6, 6.07) is 3.94. The van der Waals surface area contributed by atoms with E-state index < -0.39 is 16.2 Å². The van der Waals surface area contributed by atoms with Gasteiger partial charge in [-0.1, -0.05) is 60.1 Å². The van der Waals surface area contributed by atoms with Gasteiger partial charge in [0.1, 0.15) is 0 Å². The van der Waals surface area contributed by atoms with Crippen LogP contribution in [0.4, 0.5) is 0 Å². The minimum atomic E-state index is -0.664. The maximum Gasteiger partial charge on any atom is 0.237 e. The molecule has 41 heavy (non-hydrogen) atoms. The topological polar surface area (TPSA) is 60.5 Å². The Labute approximate surface area is 245 Å². The summed E-state index contributed by atoms with van der Waals surface area (Å²) in [6.07, 6.45) is 11.8. The molecule has 7 unspecified atom stereocenters. The number of allylic oxidation sites excluding steroid dienone is 4. The highest BCUT2D eigenvalue weighted by Gasteiger charge is 2.70. The molecule has 3 saturated carbocycles. The number of fused-ring (bicyclic) bond motifs is 7. The van der Waals surface area contributed by atoms with Crippen LogP contribution >= 0.6 is 0 Å². The summed E-state index contributed by atoms with van der Waals surface area (Å²) in [6.45, 7) is 25.2. The monoisotopic (exact) mass is 554 g/mol. The van der Waals surface area contributed by atoms with E-state index >= 15 is 0 Å². The lowest BCUT2D eigenvalue weighted by Gasteiger charge is -2.69. The van der Waals surface area contributed by atoms with Gasteiger partial charge in [0.15, 0.2) is 11.6 Å². The molecule has 0 radical (unpaired) electrons. The Kier molecular flexibility index (Phi) is 5.83. The molecule has 1 aromatic rings. The molecule has 1 heterocycles. The Balaban J connectivity index is 1.53. The van der Waals surface area contributed by atoms with Crippen molar-refractivity contribution in [3.8, 4) is 0 Å². The number of aromatic nitrogens is 1. The van der Waals surface area contributed by atoms with Crippen LogP contribution in [0.1, 0.15) is 104 Å². The fourth-order valence-electron chi connectivity index (χ4n) is 10.9. The van der Waals surface area contributed by atoms with Crippen LogP contribution in [0.3, 0.4) is 0 Å². The SMILES string of the molecule is [C-]#[N+]C1=CC2(C)C3=CC(=O)C4C5CC(C)(C)CCC5(C(=O)n5cccc5C)CCC4(C)C3(C)CCC2C(C)(C)C1=O. The van der Waals surface area contributed by atoms with Gasteiger partial charge in [-0.15, -0.1) is 0 Å². The van der Waals surface area contributed by atoms with E-state index in [4.69, 9.17) is 6.57 Å². The number of rotatable bonds is 1. The Morgan fingerprint density at radius 1 is 1.00 bits per heavy atom. The van der Waals surface area contributed by atoms with E-state index in [1.54, 1.807) is 0 Å². The third-order valence-electron chi connectivity index (χ3n) is 13.4. The predicted octanol–water partition coefficient (Wildman–Crippen LogP) is 8.01. The smallest absolute Gasteiger partial charge is 0.237 e. The van der Waals surface area contributed by atoms with Crippen LogP contribution in [0.2, 0.25) is 0 Å². The molecule has 5 heteroatoms. The lowest BCUT2D eigenvalue weighted by atomic mass is 9.34. The molecule has 0 aliphatic heterocycles. The van der Waals surface area contributed by atoms with Crippen LogP contribution in [0.15, 0.2) is 41.8 Å². The zero-order chi connectivity index (χ0) is 30.0. The van der Waals surface area contributed by atoms with Crippen LogP contribution in [0.5, 0.6) is 0 Å². The van der Waals surface area contributed by atoms with Gasteiger partial charge in [0.25, 0.3) is 0 Å². The van der Waals surface area contributed by atoms with Crippen LogP contribution in [0.25, 0.3) is 4.85 Å². The molecule has 1 aromatic heterocycles. The summed E-state index contributed by atoms with van der Waals surface area (Å²) in [7, 11) is 0. The molecule has 5 aliphatic rings. The van der Waals surface area contributed by atoms with E-state index in [2.05, 4.69) is 39.5 Å². The zero-order valence-electron chi connectivity index (χ0n) is 26.2.